The molecule has 0 radical (unpaired) electrons. The van der Waals surface area contributed by atoms with Crippen molar-refractivity contribution in [2.24, 2.45) is 5.10 Å². The van der Waals surface area contributed by atoms with E-state index in [1.54, 1.807) is 0 Å². The third kappa shape index (κ3) is 4.10. The molecule has 3 aromatic carbocycles. The molecule has 2 aliphatic heterocycles. The van der Waals surface area contributed by atoms with Gasteiger partial charge in [-0.15, -0.1) is 0 Å². The Morgan fingerprint density at radius 1 is 0.969 bits per heavy atom. The van der Waals surface area contributed by atoms with Gasteiger partial charge in [-0.05, 0) is 49.2 Å². The summed E-state index contributed by atoms with van der Waals surface area (Å²) in [6, 6.07) is 25.4. The summed E-state index contributed by atoms with van der Waals surface area (Å²) in [5.41, 5.74) is 5.83. The maximum Gasteiger partial charge on any atom is 0.213 e. The lowest BCUT2D eigenvalue weighted by atomic mass is 9.95. The first-order valence-electron chi connectivity index (χ1n) is 11.6. The average Bonchev–Trinajstić information content (AvgIpc) is 3.28. The van der Waals surface area contributed by atoms with Crippen molar-refractivity contribution in [2.45, 2.75) is 51.8 Å². The molecule has 5 rings (SSSR count). The Balaban J connectivity index is 1.42. The number of para-hydroxylation sites is 1. The van der Waals surface area contributed by atoms with Crippen LogP contribution in [0.5, 0.6) is 11.5 Å². The molecule has 4 nitrogen and oxygen atoms in total. The van der Waals surface area contributed by atoms with Crippen molar-refractivity contribution in [1.29, 1.82) is 0 Å². The Hall–Kier alpha value is -3.27. The summed E-state index contributed by atoms with van der Waals surface area (Å²) in [5.74, 6) is 1.85. The zero-order valence-electron chi connectivity index (χ0n) is 18.8. The van der Waals surface area contributed by atoms with Crippen LogP contribution in [0.25, 0.3) is 0 Å². The number of hydrogen-bond donors (Lipinski definition) is 0. The Bertz CT molecular complexity index is 1090. The number of unbranched alkanes of at least 4 members (excludes halogenated alkanes) is 2. The fraction of sp³-hybridized carbons (Fsp3) is 0.321. The number of ether oxygens (including phenoxy) is 2. The zero-order chi connectivity index (χ0) is 21.9. The van der Waals surface area contributed by atoms with E-state index in [1.165, 1.54) is 29.5 Å². The van der Waals surface area contributed by atoms with Crippen LogP contribution in [-0.4, -0.2) is 17.3 Å². The van der Waals surface area contributed by atoms with Gasteiger partial charge >= 0.3 is 0 Å². The number of hydrazone groups is 1. The normalized spacial score (nSPS) is 19.1. The highest BCUT2D eigenvalue weighted by molar-refractivity contribution is 6.02. The lowest BCUT2D eigenvalue weighted by Gasteiger charge is -2.38. The van der Waals surface area contributed by atoms with Crippen LogP contribution in [0, 0.1) is 6.92 Å². The molecule has 2 heterocycles. The number of fused-ring (bicyclic) bond motifs is 3. The highest BCUT2D eigenvalue weighted by Gasteiger charge is 2.40. The quantitative estimate of drug-likeness (QED) is 0.389. The van der Waals surface area contributed by atoms with E-state index < -0.39 is 0 Å². The molecule has 4 heteroatoms. The lowest BCUT2D eigenvalue weighted by molar-refractivity contribution is -0.0190. The first-order valence-corrected chi connectivity index (χ1v) is 11.6. The van der Waals surface area contributed by atoms with Gasteiger partial charge in [0, 0.05) is 17.5 Å². The van der Waals surface area contributed by atoms with Crippen molar-refractivity contribution in [2.75, 3.05) is 6.61 Å². The number of rotatable bonds is 7. The minimum absolute atomic E-state index is 0.172. The van der Waals surface area contributed by atoms with Gasteiger partial charge in [0.2, 0.25) is 6.23 Å². The Labute approximate surface area is 190 Å². The van der Waals surface area contributed by atoms with Crippen molar-refractivity contribution in [1.82, 2.24) is 5.01 Å². The summed E-state index contributed by atoms with van der Waals surface area (Å²) in [7, 11) is 0. The van der Waals surface area contributed by atoms with Crippen LogP contribution in [-0.2, 0) is 0 Å². The van der Waals surface area contributed by atoms with Gasteiger partial charge < -0.3 is 9.47 Å². The van der Waals surface area contributed by atoms with Gasteiger partial charge in [-0.25, -0.2) is 5.01 Å². The van der Waals surface area contributed by atoms with Crippen molar-refractivity contribution in [3.63, 3.8) is 0 Å². The van der Waals surface area contributed by atoms with Crippen LogP contribution < -0.4 is 9.47 Å². The predicted molar refractivity (Wildman–Crippen MR) is 128 cm³/mol. The summed E-state index contributed by atoms with van der Waals surface area (Å²) < 4.78 is 12.4. The van der Waals surface area contributed by atoms with E-state index in [2.05, 4.69) is 73.5 Å². The van der Waals surface area contributed by atoms with Crippen LogP contribution in [0.2, 0.25) is 0 Å². The summed E-state index contributed by atoms with van der Waals surface area (Å²) in [4.78, 5) is 0. The molecule has 0 N–H and O–H groups in total. The second kappa shape index (κ2) is 9.07. The molecule has 164 valence electrons. The van der Waals surface area contributed by atoms with Crippen LogP contribution in [0.4, 0.5) is 0 Å². The van der Waals surface area contributed by atoms with E-state index in [0.29, 0.717) is 0 Å². The van der Waals surface area contributed by atoms with Gasteiger partial charge in [0.25, 0.3) is 0 Å². The molecule has 3 aromatic rings. The zero-order valence-corrected chi connectivity index (χ0v) is 18.8. The molecule has 0 aliphatic carbocycles. The highest BCUT2D eigenvalue weighted by Crippen LogP contribution is 2.47. The standard InChI is InChI=1S/C28H30N2O2/c1-3-4-7-18-31-23-16-14-22(15-17-23)28-30-26(24-8-5-6-9-27(24)32-28)19-25(29-30)21-12-10-20(2)11-13-21/h5-6,8-17,26,28H,3-4,7,18-19H2,1-2H3/t26-,28-/m0/s1. The molecule has 0 aromatic heterocycles. The van der Waals surface area contributed by atoms with E-state index in [0.717, 1.165) is 42.2 Å². The number of hydrogen-bond acceptors (Lipinski definition) is 4. The monoisotopic (exact) mass is 426 g/mol. The Morgan fingerprint density at radius 3 is 2.53 bits per heavy atom. The lowest BCUT2D eigenvalue weighted by Crippen LogP contribution is -2.33. The molecule has 0 spiro atoms. The maximum absolute atomic E-state index is 6.47. The van der Waals surface area contributed by atoms with E-state index in [1.807, 2.05) is 18.2 Å². The van der Waals surface area contributed by atoms with Crippen molar-refractivity contribution >= 4 is 5.71 Å². The summed E-state index contributed by atoms with van der Waals surface area (Å²) in [6.07, 6.45) is 4.10. The van der Waals surface area contributed by atoms with Crippen LogP contribution >= 0.6 is 0 Å². The van der Waals surface area contributed by atoms with Gasteiger partial charge in [0.15, 0.2) is 0 Å². The smallest absolute Gasteiger partial charge is 0.213 e. The number of benzene rings is 3. The van der Waals surface area contributed by atoms with Gasteiger partial charge in [0.05, 0.1) is 18.4 Å². The first kappa shape index (κ1) is 20.6. The van der Waals surface area contributed by atoms with Crippen molar-refractivity contribution in [3.05, 3.63) is 95.1 Å². The summed E-state index contributed by atoms with van der Waals surface area (Å²) in [6.45, 7) is 5.08. The fourth-order valence-electron chi connectivity index (χ4n) is 4.45. The maximum atomic E-state index is 6.47. The van der Waals surface area contributed by atoms with E-state index >= 15 is 0 Å². The highest BCUT2D eigenvalue weighted by atomic mass is 16.5. The van der Waals surface area contributed by atoms with Gasteiger partial charge in [-0.2, -0.15) is 5.10 Å². The minimum Gasteiger partial charge on any atom is -0.494 e. The second-order valence-electron chi connectivity index (χ2n) is 8.65. The van der Waals surface area contributed by atoms with Gasteiger partial charge in [0.1, 0.15) is 11.5 Å². The number of nitrogens with zero attached hydrogens (tertiary/aromatic N) is 2. The predicted octanol–water partition coefficient (Wildman–Crippen LogP) is 6.81. The van der Waals surface area contributed by atoms with Crippen LogP contribution in [0.1, 0.15) is 67.1 Å². The second-order valence-corrected chi connectivity index (χ2v) is 8.65. The van der Waals surface area contributed by atoms with E-state index in [-0.39, 0.29) is 12.3 Å². The van der Waals surface area contributed by atoms with Crippen molar-refractivity contribution < 1.29 is 9.47 Å². The Morgan fingerprint density at radius 2 is 1.75 bits per heavy atom. The third-order valence-electron chi connectivity index (χ3n) is 6.27. The fourth-order valence-corrected chi connectivity index (χ4v) is 4.45. The molecule has 0 bridgehead atoms. The van der Waals surface area contributed by atoms with E-state index in [4.69, 9.17) is 14.6 Å². The van der Waals surface area contributed by atoms with Gasteiger partial charge in [-0.1, -0.05) is 67.8 Å². The molecule has 0 amide bonds. The SMILES string of the molecule is CCCCCOc1ccc([C@@H]2Oc3ccccc3[C@@H]3CC(c4ccc(C)cc4)=NN32)cc1. The molecule has 2 atom stereocenters. The van der Waals surface area contributed by atoms with Crippen molar-refractivity contribution in [3.8, 4) is 11.5 Å². The molecular formula is C28H30N2O2. The van der Waals surface area contributed by atoms with Crippen LogP contribution in [0.3, 0.4) is 0 Å². The summed E-state index contributed by atoms with van der Waals surface area (Å²) in [5, 5.41) is 7.19. The molecule has 0 unspecified atom stereocenters. The molecule has 0 fully saturated rings. The average molecular weight is 427 g/mol. The molecular weight excluding hydrogens is 396 g/mol. The van der Waals surface area contributed by atoms with Crippen LogP contribution in [0.15, 0.2) is 77.9 Å². The van der Waals surface area contributed by atoms with E-state index in [9.17, 15) is 0 Å². The largest absolute Gasteiger partial charge is 0.494 e. The topological polar surface area (TPSA) is 34.1 Å². The summed E-state index contributed by atoms with van der Waals surface area (Å²) >= 11 is 0. The molecule has 0 saturated heterocycles. The number of aryl methyl sites for hydroxylation is 1. The molecule has 2 aliphatic rings. The molecule has 32 heavy (non-hydrogen) atoms. The Kier molecular flexibility index (Phi) is 5.85. The third-order valence-corrected chi connectivity index (χ3v) is 6.27. The van der Waals surface area contributed by atoms with Gasteiger partial charge in [-0.3, -0.25) is 0 Å². The first-order chi connectivity index (χ1) is 15.7. The molecule has 0 saturated carbocycles. The minimum atomic E-state index is -0.257.